The van der Waals surface area contributed by atoms with Gasteiger partial charge in [-0.3, -0.25) is 14.2 Å². The molecule has 1 amide bonds. The summed E-state index contributed by atoms with van der Waals surface area (Å²) in [5.41, 5.74) is 9.70. The molecule has 1 aromatic heterocycles. The third kappa shape index (κ3) is 6.66. The van der Waals surface area contributed by atoms with Crippen LogP contribution in [-0.2, 0) is 24.3 Å². The van der Waals surface area contributed by atoms with E-state index < -0.39 is 5.56 Å². The van der Waals surface area contributed by atoms with Gasteiger partial charge in [0.2, 0.25) is 5.91 Å². The molecule has 0 radical (unpaired) electrons. The minimum atomic E-state index is -0.417. The summed E-state index contributed by atoms with van der Waals surface area (Å²) in [6.07, 6.45) is 1.93. The highest BCUT2D eigenvalue weighted by molar-refractivity contribution is 6.32. The number of rotatable bonds is 10. The molecule has 0 bridgehead atoms. The molecule has 1 heterocycles. The molecule has 0 aliphatic carbocycles. The van der Waals surface area contributed by atoms with E-state index in [1.165, 1.54) is 10.9 Å². The predicted octanol–water partition coefficient (Wildman–Crippen LogP) is 4.46. The number of hydrogen-bond donors (Lipinski definition) is 3. The first-order valence-electron chi connectivity index (χ1n) is 12.2. The van der Waals surface area contributed by atoms with Gasteiger partial charge in [-0.1, -0.05) is 78.3 Å². The maximum absolute atomic E-state index is 13.6. The number of nitrogens with two attached hydrogens (primary N) is 1. The smallest absolute Gasteiger partial charge is 0.294 e. The van der Waals surface area contributed by atoms with Crippen molar-refractivity contribution in [1.29, 1.82) is 0 Å². The van der Waals surface area contributed by atoms with E-state index in [2.05, 4.69) is 20.6 Å². The Hall–Kier alpha value is -4.43. The highest BCUT2D eigenvalue weighted by atomic mass is 35.5. The standard InChI is InChI=1S/C29H29ClN6O2/c1-20-7-5-6-10-24(20)26-27(30)35-28(32-16-15-21-8-3-2-4-9-21)29(38)36(26)18-25(37)33-17-22-11-13-23(14-12-22)34-19-31/h2-14,19H,15-18H2,1H3,(H2,31,34)(H,32,35)(H,33,37). The number of aryl methyl sites for hydroxylation is 1. The molecule has 4 rings (SSSR count). The van der Waals surface area contributed by atoms with Gasteiger partial charge in [-0.25, -0.2) is 9.98 Å². The number of aromatic nitrogens is 2. The molecular weight excluding hydrogens is 500 g/mol. The fraction of sp³-hybridized carbons (Fsp3) is 0.172. The normalized spacial score (nSPS) is 11.0. The van der Waals surface area contributed by atoms with Gasteiger partial charge in [-0.15, -0.1) is 0 Å². The summed E-state index contributed by atoms with van der Waals surface area (Å²) in [5, 5.41) is 6.12. The molecule has 3 aromatic carbocycles. The Morgan fingerprint density at radius 2 is 1.74 bits per heavy atom. The molecule has 8 nitrogen and oxygen atoms in total. The number of aliphatic imine (C=N–C) groups is 1. The van der Waals surface area contributed by atoms with Gasteiger partial charge in [0.15, 0.2) is 11.0 Å². The van der Waals surface area contributed by atoms with Gasteiger partial charge >= 0.3 is 0 Å². The molecule has 38 heavy (non-hydrogen) atoms. The Balaban J connectivity index is 1.57. The number of amides is 1. The van der Waals surface area contributed by atoms with Crippen molar-refractivity contribution in [2.24, 2.45) is 10.7 Å². The topological polar surface area (TPSA) is 114 Å². The lowest BCUT2D eigenvalue weighted by Crippen LogP contribution is -2.34. The molecule has 0 aliphatic heterocycles. The first kappa shape index (κ1) is 26.6. The molecule has 4 aromatic rings. The Morgan fingerprint density at radius 3 is 2.45 bits per heavy atom. The van der Waals surface area contributed by atoms with E-state index in [0.717, 1.165) is 27.9 Å². The zero-order chi connectivity index (χ0) is 26.9. The minimum Gasteiger partial charge on any atom is -0.390 e. The van der Waals surface area contributed by atoms with Crippen LogP contribution in [0.25, 0.3) is 11.3 Å². The highest BCUT2D eigenvalue weighted by Gasteiger charge is 2.20. The molecule has 0 unspecified atom stereocenters. The first-order valence-corrected chi connectivity index (χ1v) is 12.6. The fourth-order valence-corrected chi connectivity index (χ4v) is 4.35. The number of carbonyl (C=O) groups excluding carboxylic acids is 1. The van der Waals surface area contributed by atoms with Gasteiger partial charge in [-0.2, -0.15) is 0 Å². The van der Waals surface area contributed by atoms with E-state index in [-0.39, 0.29) is 23.4 Å². The van der Waals surface area contributed by atoms with Crippen molar-refractivity contribution >= 4 is 35.4 Å². The number of nitrogens with zero attached hydrogens (tertiary/aromatic N) is 3. The minimum absolute atomic E-state index is 0.104. The molecule has 0 aliphatic rings. The van der Waals surface area contributed by atoms with E-state index in [9.17, 15) is 9.59 Å². The second-order valence-corrected chi connectivity index (χ2v) is 9.05. The first-order chi connectivity index (χ1) is 18.5. The van der Waals surface area contributed by atoms with E-state index in [1.807, 2.05) is 85.8 Å². The van der Waals surface area contributed by atoms with Crippen LogP contribution in [0.4, 0.5) is 11.5 Å². The Bertz CT molecular complexity index is 1480. The van der Waals surface area contributed by atoms with E-state index in [0.29, 0.717) is 25.2 Å². The van der Waals surface area contributed by atoms with Crippen molar-refractivity contribution in [3.63, 3.8) is 0 Å². The van der Waals surface area contributed by atoms with Crippen LogP contribution in [0.15, 0.2) is 88.6 Å². The summed E-state index contributed by atoms with van der Waals surface area (Å²) in [7, 11) is 0. The average molecular weight is 529 g/mol. The molecule has 4 N–H and O–H groups in total. The zero-order valence-electron chi connectivity index (χ0n) is 21.0. The van der Waals surface area contributed by atoms with Crippen LogP contribution in [-0.4, -0.2) is 28.3 Å². The van der Waals surface area contributed by atoms with Gasteiger partial charge in [-0.05, 0) is 42.2 Å². The summed E-state index contributed by atoms with van der Waals surface area (Å²) < 4.78 is 1.39. The van der Waals surface area contributed by atoms with E-state index in [4.69, 9.17) is 17.3 Å². The van der Waals surface area contributed by atoms with Crippen molar-refractivity contribution in [2.75, 3.05) is 11.9 Å². The van der Waals surface area contributed by atoms with E-state index >= 15 is 0 Å². The van der Waals surface area contributed by atoms with Crippen molar-refractivity contribution < 1.29 is 4.79 Å². The third-order valence-corrected chi connectivity index (χ3v) is 6.29. The van der Waals surface area contributed by atoms with Crippen molar-refractivity contribution in [3.8, 4) is 11.3 Å². The number of anilines is 1. The second-order valence-electron chi connectivity index (χ2n) is 8.69. The summed E-state index contributed by atoms with van der Waals surface area (Å²) in [6.45, 7) is 2.49. The van der Waals surface area contributed by atoms with E-state index in [1.54, 1.807) is 0 Å². The number of hydrogen-bond acceptors (Lipinski definition) is 5. The maximum Gasteiger partial charge on any atom is 0.294 e. The SMILES string of the molecule is Cc1ccccc1-c1c(Cl)nc(NCCc2ccccc2)c(=O)n1CC(=O)NCc1ccc(N=CN)cc1. The van der Waals surface area contributed by atoms with Crippen LogP contribution in [0.3, 0.4) is 0 Å². The third-order valence-electron chi connectivity index (χ3n) is 6.02. The Kier molecular flexibility index (Phi) is 8.89. The zero-order valence-corrected chi connectivity index (χ0v) is 21.8. The number of benzene rings is 3. The molecule has 0 atom stereocenters. The lowest BCUT2D eigenvalue weighted by molar-refractivity contribution is -0.121. The molecule has 0 saturated heterocycles. The monoisotopic (exact) mass is 528 g/mol. The maximum atomic E-state index is 13.6. The van der Waals surface area contributed by atoms with Gasteiger partial charge < -0.3 is 16.4 Å². The quantitative estimate of drug-likeness (QED) is 0.208. The lowest BCUT2D eigenvalue weighted by atomic mass is 10.1. The number of carbonyl (C=O) groups is 1. The molecule has 0 saturated carbocycles. The molecule has 9 heteroatoms. The summed E-state index contributed by atoms with van der Waals surface area (Å²) in [5.74, 6) is -0.226. The van der Waals surface area contributed by atoms with Crippen LogP contribution < -0.4 is 21.9 Å². The molecule has 0 spiro atoms. The number of halogens is 1. The lowest BCUT2D eigenvalue weighted by Gasteiger charge is -2.18. The average Bonchev–Trinajstić information content (AvgIpc) is 2.92. The van der Waals surface area contributed by atoms with Gasteiger partial charge in [0.25, 0.3) is 5.56 Å². The number of nitrogens with one attached hydrogen (secondary N) is 2. The predicted molar refractivity (Wildman–Crippen MR) is 153 cm³/mol. The molecule has 194 valence electrons. The van der Waals surface area contributed by atoms with Crippen molar-refractivity contribution in [2.45, 2.75) is 26.4 Å². The van der Waals surface area contributed by atoms with Gasteiger partial charge in [0.05, 0.1) is 17.7 Å². The second kappa shape index (κ2) is 12.7. The summed E-state index contributed by atoms with van der Waals surface area (Å²) >= 11 is 6.64. The summed E-state index contributed by atoms with van der Waals surface area (Å²) in [6, 6.07) is 24.8. The Morgan fingerprint density at radius 1 is 1.03 bits per heavy atom. The van der Waals surface area contributed by atoms with Gasteiger partial charge in [0.1, 0.15) is 6.54 Å². The molecular formula is C29H29ClN6O2. The largest absolute Gasteiger partial charge is 0.390 e. The van der Waals surface area contributed by atoms with Crippen LogP contribution in [0, 0.1) is 6.92 Å². The highest BCUT2D eigenvalue weighted by Crippen LogP contribution is 2.29. The van der Waals surface area contributed by atoms with Gasteiger partial charge in [0, 0.05) is 18.7 Å². The Labute approximate surface area is 226 Å². The van der Waals surface area contributed by atoms with Crippen LogP contribution in [0.2, 0.25) is 5.15 Å². The van der Waals surface area contributed by atoms with Crippen molar-refractivity contribution in [3.05, 3.63) is 111 Å². The fourth-order valence-electron chi connectivity index (χ4n) is 4.06. The summed E-state index contributed by atoms with van der Waals surface area (Å²) in [4.78, 5) is 34.9. The van der Waals surface area contributed by atoms with Crippen molar-refractivity contribution in [1.82, 2.24) is 14.9 Å². The van der Waals surface area contributed by atoms with Crippen LogP contribution in [0.5, 0.6) is 0 Å². The van der Waals surface area contributed by atoms with Crippen LogP contribution in [0.1, 0.15) is 16.7 Å². The van der Waals surface area contributed by atoms with Crippen LogP contribution >= 0.6 is 11.6 Å². The molecule has 0 fully saturated rings.